The van der Waals surface area contributed by atoms with Crippen LogP contribution in [0.3, 0.4) is 0 Å². The molecule has 1 aliphatic heterocycles. The molecule has 0 radical (unpaired) electrons. The summed E-state index contributed by atoms with van der Waals surface area (Å²) in [6.07, 6.45) is 3.77. The third-order valence-corrected chi connectivity index (χ3v) is 4.50. The molecule has 1 aromatic rings. The Kier molecular flexibility index (Phi) is 4.57. The molecule has 1 aromatic carbocycles. The second-order valence-corrected chi connectivity index (χ2v) is 6.76. The van der Waals surface area contributed by atoms with Crippen LogP contribution in [0.2, 0.25) is 0 Å². The van der Waals surface area contributed by atoms with Crippen molar-refractivity contribution in [3.05, 3.63) is 35.6 Å². The van der Waals surface area contributed by atoms with E-state index in [0.717, 1.165) is 50.9 Å². The zero-order valence-electron chi connectivity index (χ0n) is 12.8. The monoisotopic (exact) mass is 292 g/mol. The molecule has 3 nitrogen and oxygen atoms in total. The fourth-order valence-corrected chi connectivity index (χ4v) is 3.15. The molecule has 0 amide bonds. The van der Waals surface area contributed by atoms with Gasteiger partial charge in [-0.2, -0.15) is 0 Å². The maximum Gasteiger partial charge on any atom is 0.123 e. The van der Waals surface area contributed by atoms with Crippen LogP contribution in [0.4, 0.5) is 4.39 Å². The Bertz CT molecular complexity index is 452. The minimum atomic E-state index is -0.171. The highest BCUT2D eigenvalue weighted by molar-refractivity contribution is 5.15. The van der Waals surface area contributed by atoms with Gasteiger partial charge in [0, 0.05) is 37.7 Å². The molecule has 1 heterocycles. The predicted molar refractivity (Wildman–Crippen MR) is 81.6 cm³/mol. The standard InChI is InChI=1S/C17H25FN2O/c1-20(10-14-2-4-15(18)5-3-14)12-17(8-9-21-13-17)11-19-16-6-7-16/h2-5,16,19H,6-13H2,1H3. The van der Waals surface area contributed by atoms with Gasteiger partial charge in [0.1, 0.15) is 5.82 Å². The Balaban J connectivity index is 1.55. The van der Waals surface area contributed by atoms with Gasteiger partial charge in [0.05, 0.1) is 6.61 Å². The summed E-state index contributed by atoms with van der Waals surface area (Å²) < 4.78 is 18.6. The fraction of sp³-hybridized carbons (Fsp3) is 0.647. The molecule has 2 fully saturated rings. The number of rotatable bonds is 7. The average molecular weight is 292 g/mol. The van der Waals surface area contributed by atoms with Crippen molar-refractivity contribution >= 4 is 0 Å². The van der Waals surface area contributed by atoms with E-state index in [-0.39, 0.29) is 11.2 Å². The van der Waals surface area contributed by atoms with E-state index in [1.807, 2.05) is 12.1 Å². The van der Waals surface area contributed by atoms with Gasteiger partial charge in [-0.15, -0.1) is 0 Å². The van der Waals surface area contributed by atoms with Crippen molar-refractivity contribution in [1.82, 2.24) is 10.2 Å². The molecule has 1 saturated carbocycles. The minimum absolute atomic E-state index is 0.171. The van der Waals surface area contributed by atoms with Crippen LogP contribution >= 0.6 is 0 Å². The van der Waals surface area contributed by atoms with Crippen molar-refractivity contribution in [2.24, 2.45) is 5.41 Å². The van der Waals surface area contributed by atoms with Gasteiger partial charge >= 0.3 is 0 Å². The number of nitrogens with one attached hydrogen (secondary N) is 1. The van der Waals surface area contributed by atoms with Gasteiger partial charge in [-0.3, -0.25) is 0 Å². The van der Waals surface area contributed by atoms with E-state index in [9.17, 15) is 4.39 Å². The zero-order chi connectivity index (χ0) is 14.7. The molecule has 0 aromatic heterocycles. The number of halogens is 1. The van der Waals surface area contributed by atoms with Crippen molar-refractivity contribution < 1.29 is 9.13 Å². The van der Waals surface area contributed by atoms with Gasteiger partial charge in [0.15, 0.2) is 0 Å². The lowest BCUT2D eigenvalue weighted by molar-refractivity contribution is 0.116. The topological polar surface area (TPSA) is 24.5 Å². The number of ether oxygens (including phenoxy) is 1. The number of benzene rings is 1. The zero-order valence-corrected chi connectivity index (χ0v) is 12.8. The molecule has 116 valence electrons. The van der Waals surface area contributed by atoms with Crippen LogP contribution in [0.5, 0.6) is 0 Å². The van der Waals surface area contributed by atoms with Crippen LogP contribution in [-0.2, 0) is 11.3 Å². The predicted octanol–water partition coefficient (Wildman–Crippen LogP) is 2.42. The van der Waals surface area contributed by atoms with Crippen molar-refractivity contribution in [3.63, 3.8) is 0 Å². The normalized spacial score (nSPS) is 25.7. The SMILES string of the molecule is CN(Cc1ccc(F)cc1)CC1(CNC2CC2)CCOC1. The minimum Gasteiger partial charge on any atom is -0.381 e. The van der Waals surface area contributed by atoms with Gasteiger partial charge in [0.2, 0.25) is 0 Å². The highest BCUT2D eigenvalue weighted by Gasteiger charge is 2.37. The first-order chi connectivity index (χ1) is 10.2. The third-order valence-electron chi connectivity index (χ3n) is 4.50. The molecule has 1 aliphatic carbocycles. The molecule has 1 N–H and O–H groups in total. The maximum absolute atomic E-state index is 13.0. The van der Waals surface area contributed by atoms with Crippen LogP contribution in [0.25, 0.3) is 0 Å². The van der Waals surface area contributed by atoms with E-state index in [1.54, 1.807) is 0 Å². The fourth-order valence-electron chi connectivity index (χ4n) is 3.15. The first-order valence-electron chi connectivity index (χ1n) is 7.89. The smallest absolute Gasteiger partial charge is 0.123 e. The quantitative estimate of drug-likeness (QED) is 0.835. The number of hydrogen-bond acceptors (Lipinski definition) is 3. The third kappa shape index (κ3) is 4.25. The number of hydrogen-bond donors (Lipinski definition) is 1. The van der Waals surface area contributed by atoms with Crippen molar-refractivity contribution in [2.75, 3.05) is 33.4 Å². The lowest BCUT2D eigenvalue weighted by Gasteiger charge is -2.32. The molecule has 3 rings (SSSR count). The molecule has 1 unspecified atom stereocenters. The van der Waals surface area contributed by atoms with E-state index in [1.165, 1.54) is 25.0 Å². The lowest BCUT2D eigenvalue weighted by atomic mass is 9.86. The van der Waals surface area contributed by atoms with E-state index in [4.69, 9.17) is 4.74 Å². The summed E-state index contributed by atoms with van der Waals surface area (Å²) in [6, 6.07) is 7.54. The molecule has 1 saturated heterocycles. The summed E-state index contributed by atoms with van der Waals surface area (Å²) in [5, 5.41) is 3.66. The molecule has 0 spiro atoms. The van der Waals surface area contributed by atoms with Crippen LogP contribution in [-0.4, -0.2) is 44.3 Å². The maximum atomic E-state index is 13.0. The second kappa shape index (κ2) is 6.42. The van der Waals surface area contributed by atoms with E-state index in [2.05, 4.69) is 17.3 Å². The van der Waals surface area contributed by atoms with Crippen LogP contribution < -0.4 is 5.32 Å². The van der Waals surface area contributed by atoms with E-state index >= 15 is 0 Å². The molecule has 4 heteroatoms. The Morgan fingerprint density at radius 1 is 1.33 bits per heavy atom. The molecule has 2 aliphatic rings. The van der Waals surface area contributed by atoms with Gasteiger partial charge in [-0.1, -0.05) is 12.1 Å². The van der Waals surface area contributed by atoms with Crippen molar-refractivity contribution in [2.45, 2.75) is 31.8 Å². The summed E-state index contributed by atoms with van der Waals surface area (Å²) in [5.74, 6) is -0.171. The molecule has 0 bridgehead atoms. The Hall–Kier alpha value is -0.970. The molecular weight excluding hydrogens is 267 g/mol. The van der Waals surface area contributed by atoms with Gasteiger partial charge in [-0.25, -0.2) is 4.39 Å². The van der Waals surface area contributed by atoms with E-state index < -0.39 is 0 Å². The van der Waals surface area contributed by atoms with Gasteiger partial charge in [0.25, 0.3) is 0 Å². The summed E-state index contributed by atoms with van der Waals surface area (Å²) >= 11 is 0. The summed E-state index contributed by atoms with van der Waals surface area (Å²) in [7, 11) is 2.14. The highest BCUT2D eigenvalue weighted by Crippen LogP contribution is 2.31. The molecule has 1 atom stereocenters. The lowest BCUT2D eigenvalue weighted by Crippen LogP contribution is -2.44. The highest BCUT2D eigenvalue weighted by atomic mass is 19.1. The molecule has 21 heavy (non-hydrogen) atoms. The first-order valence-corrected chi connectivity index (χ1v) is 7.89. The Morgan fingerprint density at radius 3 is 2.71 bits per heavy atom. The van der Waals surface area contributed by atoms with Crippen LogP contribution in [0, 0.1) is 11.2 Å². The van der Waals surface area contributed by atoms with Gasteiger partial charge in [-0.05, 0) is 44.0 Å². The molecular formula is C17H25FN2O. The second-order valence-electron chi connectivity index (χ2n) is 6.76. The summed E-state index contributed by atoms with van der Waals surface area (Å²) in [6.45, 7) is 4.64. The van der Waals surface area contributed by atoms with Crippen molar-refractivity contribution in [3.8, 4) is 0 Å². The Labute approximate surface area is 126 Å². The number of nitrogens with zero attached hydrogens (tertiary/aromatic N) is 1. The first kappa shape index (κ1) is 14.9. The summed E-state index contributed by atoms with van der Waals surface area (Å²) in [5.41, 5.74) is 1.39. The van der Waals surface area contributed by atoms with Crippen LogP contribution in [0.15, 0.2) is 24.3 Å². The van der Waals surface area contributed by atoms with Crippen LogP contribution in [0.1, 0.15) is 24.8 Å². The summed E-state index contributed by atoms with van der Waals surface area (Å²) in [4.78, 5) is 2.33. The largest absolute Gasteiger partial charge is 0.381 e. The van der Waals surface area contributed by atoms with E-state index in [0.29, 0.717) is 0 Å². The average Bonchev–Trinajstić information content (AvgIpc) is 3.19. The van der Waals surface area contributed by atoms with Gasteiger partial charge < -0.3 is 15.0 Å². The van der Waals surface area contributed by atoms with Crippen molar-refractivity contribution in [1.29, 1.82) is 0 Å². The Morgan fingerprint density at radius 2 is 2.10 bits per heavy atom.